The summed E-state index contributed by atoms with van der Waals surface area (Å²) in [6.07, 6.45) is 0. The lowest BCUT2D eigenvalue weighted by Gasteiger charge is -2.32. The Labute approximate surface area is 126 Å². The molecule has 0 aliphatic carbocycles. The number of ether oxygens (including phenoxy) is 1. The molecule has 0 unspecified atom stereocenters. The quantitative estimate of drug-likeness (QED) is 0.766. The van der Waals surface area contributed by atoms with E-state index in [4.69, 9.17) is 19.0 Å². The first kappa shape index (κ1) is 14.8. The average molecular weight is 290 g/mol. The van der Waals surface area contributed by atoms with Gasteiger partial charge in [-0.25, -0.2) is 4.98 Å². The number of anilines is 1. The van der Waals surface area contributed by atoms with E-state index >= 15 is 0 Å². The molecule has 6 heteroatoms. The van der Waals surface area contributed by atoms with E-state index in [-0.39, 0.29) is 11.2 Å². The minimum absolute atomic E-state index is 0.339. The summed E-state index contributed by atoms with van der Waals surface area (Å²) in [6.45, 7) is 11.5. The van der Waals surface area contributed by atoms with Gasteiger partial charge in [0.05, 0.1) is 30.0 Å². The van der Waals surface area contributed by atoms with Gasteiger partial charge in [-0.15, -0.1) is 0 Å². The second-order valence-electron chi connectivity index (χ2n) is 6.61. The molecule has 5 nitrogen and oxygen atoms in total. The number of aromatic nitrogens is 1. The Morgan fingerprint density at radius 1 is 1.05 bits per heavy atom. The maximum atomic E-state index is 6.06. The maximum absolute atomic E-state index is 6.06. The summed E-state index contributed by atoms with van der Waals surface area (Å²) < 4.78 is 17.5. The van der Waals surface area contributed by atoms with E-state index in [1.807, 2.05) is 18.2 Å². The molecule has 0 N–H and O–H groups in total. The fourth-order valence-corrected chi connectivity index (χ4v) is 2.50. The molecule has 2 aliphatic heterocycles. The van der Waals surface area contributed by atoms with Crippen LogP contribution in [0.4, 0.5) is 5.82 Å². The predicted molar refractivity (Wildman–Crippen MR) is 83.0 cm³/mol. The van der Waals surface area contributed by atoms with Crippen LogP contribution in [0.25, 0.3) is 0 Å². The Bertz CT molecular complexity index is 499. The first-order valence-corrected chi connectivity index (χ1v) is 7.54. The molecule has 2 aliphatic rings. The normalized spacial score (nSPS) is 24.4. The average Bonchev–Trinajstić information content (AvgIpc) is 2.69. The van der Waals surface area contributed by atoms with Crippen LogP contribution in [-0.4, -0.2) is 49.6 Å². The molecule has 0 amide bonds. The third kappa shape index (κ3) is 2.80. The van der Waals surface area contributed by atoms with Gasteiger partial charge in [-0.3, -0.25) is 0 Å². The lowest BCUT2D eigenvalue weighted by atomic mass is 9.84. The van der Waals surface area contributed by atoms with E-state index in [9.17, 15) is 0 Å². The molecule has 0 aromatic carbocycles. The number of morpholine rings is 1. The van der Waals surface area contributed by atoms with Crippen LogP contribution < -0.4 is 10.5 Å². The number of hydrogen-bond acceptors (Lipinski definition) is 5. The minimum atomic E-state index is -0.406. The van der Waals surface area contributed by atoms with Crippen molar-refractivity contribution in [1.82, 2.24) is 4.98 Å². The van der Waals surface area contributed by atoms with Gasteiger partial charge in [0.2, 0.25) is 0 Å². The fourth-order valence-electron chi connectivity index (χ4n) is 2.50. The predicted octanol–water partition coefficient (Wildman–Crippen LogP) is 1.22. The fraction of sp³-hybridized carbons (Fsp3) is 0.667. The molecular weight excluding hydrogens is 267 g/mol. The van der Waals surface area contributed by atoms with Crippen molar-refractivity contribution in [2.24, 2.45) is 0 Å². The summed E-state index contributed by atoms with van der Waals surface area (Å²) in [5.74, 6) is 0.963. The molecule has 1 aromatic rings. The molecule has 2 fully saturated rings. The third-order valence-electron chi connectivity index (χ3n) is 4.59. The highest BCUT2D eigenvalue weighted by Crippen LogP contribution is 2.36. The van der Waals surface area contributed by atoms with Crippen molar-refractivity contribution in [3.05, 3.63) is 18.2 Å². The second-order valence-corrected chi connectivity index (χ2v) is 6.61. The monoisotopic (exact) mass is 290 g/mol. The van der Waals surface area contributed by atoms with Crippen molar-refractivity contribution in [2.75, 3.05) is 31.2 Å². The van der Waals surface area contributed by atoms with Crippen LogP contribution in [-0.2, 0) is 14.0 Å². The molecule has 1 aromatic heterocycles. The molecule has 0 bridgehead atoms. The molecule has 3 heterocycles. The van der Waals surface area contributed by atoms with E-state index < -0.39 is 7.12 Å². The topological polar surface area (TPSA) is 43.8 Å². The number of nitrogens with zero attached hydrogens (tertiary/aromatic N) is 2. The van der Waals surface area contributed by atoms with Crippen LogP contribution in [0.15, 0.2) is 18.2 Å². The van der Waals surface area contributed by atoms with Gasteiger partial charge in [-0.05, 0) is 39.8 Å². The van der Waals surface area contributed by atoms with Crippen LogP contribution in [0.5, 0.6) is 0 Å². The van der Waals surface area contributed by atoms with E-state index in [1.165, 1.54) is 0 Å². The van der Waals surface area contributed by atoms with E-state index in [0.717, 1.165) is 37.7 Å². The van der Waals surface area contributed by atoms with Gasteiger partial charge in [0, 0.05) is 13.1 Å². The molecule has 21 heavy (non-hydrogen) atoms. The molecular formula is C15H23BN2O3. The van der Waals surface area contributed by atoms with Crippen LogP contribution >= 0.6 is 0 Å². The summed E-state index contributed by atoms with van der Waals surface area (Å²) in [4.78, 5) is 6.96. The molecule has 2 saturated heterocycles. The molecule has 3 rings (SSSR count). The Kier molecular flexibility index (Phi) is 3.72. The van der Waals surface area contributed by atoms with Gasteiger partial charge >= 0.3 is 7.12 Å². The highest BCUT2D eigenvalue weighted by molar-refractivity contribution is 6.61. The van der Waals surface area contributed by atoms with Crippen molar-refractivity contribution in [2.45, 2.75) is 38.9 Å². The molecule has 0 saturated carbocycles. The zero-order valence-corrected chi connectivity index (χ0v) is 13.3. The smallest absolute Gasteiger partial charge is 0.398 e. The van der Waals surface area contributed by atoms with Gasteiger partial charge < -0.3 is 18.9 Å². The lowest BCUT2D eigenvalue weighted by Crippen LogP contribution is -2.41. The summed E-state index contributed by atoms with van der Waals surface area (Å²) in [6, 6.07) is 6.00. The summed E-state index contributed by atoms with van der Waals surface area (Å²) in [5.41, 5.74) is 0.153. The molecule has 0 radical (unpaired) electrons. The van der Waals surface area contributed by atoms with Gasteiger partial charge in [-0.1, -0.05) is 6.07 Å². The van der Waals surface area contributed by atoms with Gasteiger partial charge in [0.15, 0.2) is 0 Å². The van der Waals surface area contributed by atoms with Crippen molar-refractivity contribution in [3.63, 3.8) is 0 Å². The number of pyridine rings is 1. The Hall–Kier alpha value is -1.11. The Balaban J connectivity index is 1.81. The van der Waals surface area contributed by atoms with Crippen LogP contribution in [0, 0.1) is 0 Å². The standard InChI is InChI=1S/C15H23BN2O3/c1-14(2)15(3,4)21-16(20-14)12-6-5-7-13(17-12)18-8-10-19-11-9-18/h5-7H,8-11H2,1-4H3. The summed E-state index contributed by atoms with van der Waals surface area (Å²) in [5, 5.41) is 0. The van der Waals surface area contributed by atoms with Crippen molar-refractivity contribution in [3.8, 4) is 0 Å². The van der Waals surface area contributed by atoms with Gasteiger partial charge in [-0.2, -0.15) is 0 Å². The highest BCUT2D eigenvalue weighted by Gasteiger charge is 2.52. The van der Waals surface area contributed by atoms with E-state index in [2.05, 4.69) is 32.6 Å². The van der Waals surface area contributed by atoms with Crippen molar-refractivity contribution >= 4 is 18.5 Å². The highest BCUT2D eigenvalue weighted by atomic mass is 16.7. The van der Waals surface area contributed by atoms with E-state index in [0.29, 0.717) is 0 Å². The molecule has 0 atom stereocenters. The number of hydrogen-bond donors (Lipinski definition) is 0. The molecule has 114 valence electrons. The van der Waals surface area contributed by atoms with Crippen molar-refractivity contribution < 1.29 is 14.0 Å². The van der Waals surface area contributed by atoms with Crippen molar-refractivity contribution in [1.29, 1.82) is 0 Å². The van der Waals surface area contributed by atoms with Gasteiger partial charge in [0.1, 0.15) is 5.82 Å². The Morgan fingerprint density at radius 2 is 1.67 bits per heavy atom. The first-order valence-electron chi connectivity index (χ1n) is 7.54. The largest absolute Gasteiger partial charge is 0.514 e. The lowest BCUT2D eigenvalue weighted by molar-refractivity contribution is 0.00578. The third-order valence-corrected chi connectivity index (χ3v) is 4.59. The van der Waals surface area contributed by atoms with Crippen LogP contribution in [0.2, 0.25) is 0 Å². The number of rotatable bonds is 2. The molecule has 0 spiro atoms. The van der Waals surface area contributed by atoms with Crippen LogP contribution in [0.3, 0.4) is 0 Å². The Morgan fingerprint density at radius 3 is 2.29 bits per heavy atom. The second kappa shape index (κ2) is 5.27. The van der Waals surface area contributed by atoms with Gasteiger partial charge in [0.25, 0.3) is 0 Å². The van der Waals surface area contributed by atoms with Crippen LogP contribution in [0.1, 0.15) is 27.7 Å². The SMILES string of the molecule is CC1(C)OB(c2cccc(N3CCOCC3)n2)OC1(C)C. The maximum Gasteiger partial charge on any atom is 0.514 e. The summed E-state index contributed by atoms with van der Waals surface area (Å²) >= 11 is 0. The zero-order valence-electron chi connectivity index (χ0n) is 13.3. The summed E-state index contributed by atoms with van der Waals surface area (Å²) in [7, 11) is -0.406. The van der Waals surface area contributed by atoms with E-state index in [1.54, 1.807) is 0 Å². The minimum Gasteiger partial charge on any atom is -0.398 e. The zero-order chi connectivity index (χ0) is 15.1. The first-order chi connectivity index (χ1) is 9.89.